The molecule has 0 amide bonds. The number of rotatable bonds is 60. The number of allylic oxidation sites excluding steroid dienone is 22. The molecule has 0 radical (unpaired) electrons. The minimum atomic E-state index is -0.791. The fourth-order valence-electron chi connectivity index (χ4n) is 9.13. The van der Waals surface area contributed by atoms with E-state index in [-0.39, 0.29) is 31.1 Å². The molecule has 0 N–H and O–H groups in total. The second-order valence-corrected chi connectivity index (χ2v) is 22.0. The largest absolute Gasteiger partial charge is 0.462 e. The standard InChI is InChI=1S/C75H124O6/c1-4-7-10-13-16-19-22-24-26-28-30-32-34-36-37-39-40-42-44-46-48-50-53-56-59-62-65-68-74(77)80-71-72(70-79-73(76)67-64-61-58-55-52-21-18-15-12-9-6-3)81-75(78)69-66-63-60-57-54-51-49-47-45-43-41-38-35-33-31-29-27-25-23-20-17-14-11-8-5-2/h7-8,10-11,15-20,24-27,30-33,36-38,41,72H,4-6,9,12-14,21-23,28-29,34-35,39-40,42-71H2,1-3H3/b10-7-,11-8-,18-15-,19-16-,20-17-,26-24-,27-25-,32-30-,33-31-,37-36-,41-38-. The Morgan fingerprint density at radius 2 is 0.481 bits per heavy atom. The molecule has 6 heteroatoms. The van der Waals surface area contributed by atoms with Gasteiger partial charge in [-0.05, 0) is 128 Å². The molecule has 0 aliphatic heterocycles. The van der Waals surface area contributed by atoms with Gasteiger partial charge in [0.25, 0.3) is 0 Å². The summed E-state index contributed by atoms with van der Waals surface area (Å²) in [7, 11) is 0. The summed E-state index contributed by atoms with van der Waals surface area (Å²) in [5, 5.41) is 0. The second-order valence-electron chi connectivity index (χ2n) is 22.0. The van der Waals surface area contributed by atoms with E-state index in [1.807, 2.05) is 0 Å². The van der Waals surface area contributed by atoms with Crippen molar-refractivity contribution in [2.75, 3.05) is 13.2 Å². The van der Waals surface area contributed by atoms with Crippen LogP contribution in [0.5, 0.6) is 0 Å². The van der Waals surface area contributed by atoms with Crippen LogP contribution in [0.1, 0.15) is 303 Å². The Morgan fingerprint density at radius 1 is 0.259 bits per heavy atom. The molecule has 0 aromatic carbocycles. The smallest absolute Gasteiger partial charge is 0.306 e. The number of ether oxygens (including phenoxy) is 3. The normalized spacial score (nSPS) is 13.0. The Labute approximate surface area is 500 Å². The number of esters is 3. The summed E-state index contributed by atoms with van der Waals surface area (Å²) in [5.74, 6) is -0.901. The third kappa shape index (κ3) is 66.2. The average Bonchev–Trinajstić information content (AvgIpc) is 3.47. The van der Waals surface area contributed by atoms with Gasteiger partial charge in [-0.3, -0.25) is 14.4 Å². The molecule has 0 heterocycles. The fraction of sp³-hybridized carbons (Fsp3) is 0.667. The molecule has 0 bridgehead atoms. The van der Waals surface area contributed by atoms with E-state index in [0.29, 0.717) is 19.3 Å². The van der Waals surface area contributed by atoms with Gasteiger partial charge in [0.2, 0.25) is 0 Å². The van der Waals surface area contributed by atoms with Gasteiger partial charge in [0.15, 0.2) is 6.10 Å². The van der Waals surface area contributed by atoms with Crippen molar-refractivity contribution in [3.05, 3.63) is 134 Å². The van der Waals surface area contributed by atoms with Gasteiger partial charge in [-0.15, -0.1) is 0 Å². The minimum absolute atomic E-state index is 0.0869. The average molecular weight is 1120 g/mol. The third-order valence-electron chi connectivity index (χ3n) is 14.1. The fourth-order valence-corrected chi connectivity index (χ4v) is 9.13. The molecule has 0 fully saturated rings. The van der Waals surface area contributed by atoms with E-state index in [9.17, 15) is 14.4 Å². The summed E-state index contributed by atoms with van der Waals surface area (Å²) < 4.78 is 16.9. The summed E-state index contributed by atoms with van der Waals surface area (Å²) in [6.07, 6.45) is 96.1. The van der Waals surface area contributed by atoms with E-state index >= 15 is 0 Å². The van der Waals surface area contributed by atoms with E-state index in [4.69, 9.17) is 14.2 Å². The van der Waals surface area contributed by atoms with E-state index in [1.54, 1.807) is 0 Å². The zero-order valence-corrected chi connectivity index (χ0v) is 52.8. The molecule has 0 rings (SSSR count). The Kier molecular flexibility index (Phi) is 64.3. The van der Waals surface area contributed by atoms with Crippen LogP contribution in [-0.4, -0.2) is 37.2 Å². The Bertz CT molecular complexity index is 1720. The number of unbranched alkanes of at least 4 members (excludes halogenated alkanes) is 27. The predicted molar refractivity (Wildman–Crippen MR) is 353 cm³/mol. The number of carbonyl (C=O) groups is 3. The van der Waals surface area contributed by atoms with Crippen LogP contribution in [0.4, 0.5) is 0 Å². The third-order valence-corrected chi connectivity index (χ3v) is 14.1. The maximum Gasteiger partial charge on any atom is 0.306 e. The first-order chi connectivity index (χ1) is 40.0. The van der Waals surface area contributed by atoms with Gasteiger partial charge < -0.3 is 14.2 Å². The van der Waals surface area contributed by atoms with Crippen LogP contribution < -0.4 is 0 Å². The van der Waals surface area contributed by atoms with E-state index in [1.165, 1.54) is 128 Å². The second kappa shape index (κ2) is 68.1. The monoisotopic (exact) mass is 1120 g/mol. The molecular formula is C75H124O6. The molecule has 0 spiro atoms. The van der Waals surface area contributed by atoms with E-state index in [2.05, 4.69) is 154 Å². The number of carbonyl (C=O) groups excluding carboxylic acids is 3. The van der Waals surface area contributed by atoms with Crippen LogP contribution in [-0.2, 0) is 28.6 Å². The van der Waals surface area contributed by atoms with Gasteiger partial charge in [-0.1, -0.05) is 289 Å². The highest BCUT2D eigenvalue weighted by molar-refractivity contribution is 5.71. The molecule has 1 unspecified atom stereocenters. The van der Waals surface area contributed by atoms with Crippen molar-refractivity contribution in [3.8, 4) is 0 Å². The van der Waals surface area contributed by atoms with Crippen LogP contribution in [0.3, 0.4) is 0 Å². The SMILES string of the molecule is CC/C=C\C/C=C\C/C=C\C/C=C\C/C=C\CCCCCCCCCCCCCC(=O)OCC(COC(=O)CCCCCCC/C=C\CCCC)OC(=O)CCCCCCCCCCC/C=C\C/C=C\C/C=C\C/C=C\C/C=C\CC. The van der Waals surface area contributed by atoms with E-state index < -0.39 is 6.10 Å². The van der Waals surface area contributed by atoms with E-state index in [0.717, 1.165) is 135 Å². The lowest BCUT2D eigenvalue weighted by Crippen LogP contribution is -2.30. The van der Waals surface area contributed by atoms with Crippen molar-refractivity contribution < 1.29 is 28.6 Å². The predicted octanol–water partition coefficient (Wildman–Crippen LogP) is 23.3. The lowest BCUT2D eigenvalue weighted by atomic mass is 10.0. The maximum atomic E-state index is 12.9. The molecule has 1 atom stereocenters. The number of hydrogen-bond acceptors (Lipinski definition) is 6. The van der Waals surface area contributed by atoms with Crippen molar-refractivity contribution in [1.82, 2.24) is 0 Å². The molecular weight excluding hydrogens is 997 g/mol. The molecule has 81 heavy (non-hydrogen) atoms. The molecule has 0 saturated heterocycles. The summed E-state index contributed by atoms with van der Waals surface area (Å²) in [4.78, 5) is 38.3. The van der Waals surface area contributed by atoms with Crippen LogP contribution >= 0.6 is 0 Å². The van der Waals surface area contributed by atoms with Crippen molar-refractivity contribution in [1.29, 1.82) is 0 Å². The molecule has 460 valence electrons. The highest BCUT2D eigenvalue weighted by Crippen LogP contribution is 2.16. The van der Waals surface area contributed by atoms with Gasteiger partial charge in [0.05, 0.1) is 0 Å². The Hall–Kier alpha value is -4.45. The zero-order chi connectivity index (χ0) is 58.5. The molecule has 0 aliphatic carbocycles. The first-order valence-corrected chi connectivity index (χ1v) is 33.7. The Balaban J connectivity index is 4.29. The molecule has 0 saturated carbocycles. The molecule has 0 aromatic rings. The van der Waals surface area contributed by atoms with Crippen molar-refractivity contribution >= 4 is 17.9 Å². The maximum absolute atomic E-state index is 12.9. The number of hydrogen-bond donors (Lipinski definition) is 0. The topological polar surface area (TPSA) is 78.9 Å². The highest BCUT2D eigenvalue weighted by atomic mass is 16.6. The molecule has 6 nitrogen and oxygen atoms in total. The highest BCUT2D eigenvalue weighted by Gasteiger charge is 2.19. The van der Waals surface area contributed by atoms with Crippen molar-refractivity contribution in [3.63, 3.8) is 0 Å². The van der Waals surface area contributed by atoms with Crippen LogP contribution in [0.25, 0.3) is 0 Å². The quantitative estimate of drug-likeness (QED) is 0.0261. The first-order valence-electron chi connectivity index (χ1n) is 33.7. The first kappa shape index (κ1) is 76.5. The zero-order valence-electron chi connectivity index (χ0n) is 52.8. The Morgan fingerprint density at radius 3 is 0.765 bits per heavy atom. The van der Waals surface area contributed by atoms with Gasteiger partial charge in [-0.2, -0.15) is 0 Å². The van der Waals surface area contributed by atoms with Crippen LogP contribution in [0, 0.1) is 0 Å². The van der Waals surface area contributed by atoms with Gasteiger partial charge in [0, 0.05) is 19.3 Å². The molecule has 0 aromatic heterocycles. The van der Waals surface area contributed by atoms with Gasteiger partial charge in [-0.25, -0.2) is 0 Å². The van der Waals surface area contributed by atoms with Crippen LogP contribution in [0.15, 0.2) is 134 Å². The minimum Gasteiger partial charge on any atom is -0.462 e. The lowest BCUT2D eigenvalue weighted by Gasteiger charge is -2.18. The van der Waals surface area contributed by atoms with Crippen molar-refractivity contribution in [2.45, 2.75) is 309 Å². The molecule has 0 aliphatic rings. The lowest BCUT2D eigenvalue weighted by molar-refractivity contribution is -0.167. The summed E-state index contributed by atoms with van der Waals surface area (Å²) in [6.45, 7) is 6.38. The van der Waals surface area contributed by atoms with Crippen molar-refractivity contribution in [2.24, 2.45) is 0 Å². The van der Waals surface area contributed by atoms with Gasteiger partial charge in [0.1, 0.15) is 13.2 Å². The van der Waals surface area contributed by atoms with Gasteiger partial charge >= 0.3 is 17.9 Å². The summed E-state index contributed by atoms with van der Waals surface area (Å²) in [5.41, 5.74) is 0. The van der Waals surface area contributed by atoms with Crippen LogP contribution in [0.2, 0.25) is 0 Å². The summed E-state index contributed by atoms with van der Waals surface area (Å²) in [6, 6.07) is 0. The summed E-state index contributed by atoms with van der Waals surface area (Å²) >= 11 is 0.